The number of rotatable bonds is 7. The molecule has 3 N–H and O–H groups in total. The van der Waals surface area contributed by atoms with E-state index in [4.69, 9.17) is 15.2 Å². The Kier molecular flexibility index (Phi) is 5.28. The maximum Gasteiger partial charge on any atom is 0.318 e. The molecule has 0 radical (unpaired) electrons. The van der Waals surface area contributed by atoms with Crippen LogP contribution in [0.5, 0.6) is 6.01 Å². The second kappa shape index (κ2) is 7.39. The fourth-order valence-corrected chi connectivity index (χ4v) is 1.60. The third-order valence-corrected chi connectivity index (χ3v) is 2.59. The molecule has 6 nitrogen and oxygen atoms in total. The van der Waals surface area contributed by atoms with Crippen LogP contribution in [-0.4, -0.2) is 23.3 Å². The first-order valence-electron chi connectivity index (χ1n) is 6.50. The van der Waals surface area contributed by atoms with Gasteiger partial charge in [-0.1, -0.05) is 12.1 Å². The predicted molar refractivity (Wildman–Crippen MR) is 77.3 cm³/mol. The molecule has 0 saturated heterocycles. The largest absolute Gasteiger partial charge is 0.459 e. The van der Waals surface area contributed by atoms with Crippen LogP contribution >= 0.6 is 0 Å². The molecule has 0 fully saturated rings. The van der Waals surface area contributed by atoms with Gasteiger partial charge in [-0.2, -0.15) is 4.98 Å². The van der Waals surface area contributed by atoms with Crippen molar-refractivity contribution >= 4 is 11.5 Å². The van der Waals surface area contributed by atoms with E-state index in [1.54, 1.807) is 12.1 Å². The van der Waals surface area contributed by atoms with Crippen molar-refractivity contribution < 1.29 is 13.9 Å². The van der Waals surface area contributed by atoms with Crippen LogP contribution in [0.1, 0.15) is 12.5 Å². The summed E-state index contributed by atoms with van der Waals surface area (Å²) in [5.74, 6) is -0.521. The fraction of sp³-hybridized carbons (Fsp3) is 0.286. The number of nitrogens with zero attached hydrogens (tertiary/aromatic N) is 2. The topological polar surface area (TPSA) is 82.3 Å². The van der Waals surface area contributed by atoms with Gasteiger partial charge in [0.1, 0.15) is 13.3 Å². The number of hydrogen-bond acceptors (Lipinski definition) is 6. The van der Waals surface area contributed by atoms with E-state index < -0.39 is 5.82 Å². The van der Waals surface area contributed by atoms with E-state index in [0.29, 0.717) is 12.3 Å². The molecule has 0 spiro atoms. The molecule has 0 saturated carbocycles. The van der Waals surface area contributed by atoms with Crippen molar-refractivity contribution in [1.82, 2.24) is 9.97 Å². The van der Waals surface area contributed by atoms with Gasteiger partial charge in [0.15, 0.2) is 11.6 Å². The molecule has 112 valence electrons. The number of nitrogens with one attached hydrogen (secondary N) is 1. The Balaban J connectivity index is 1.98. The van der Waals surface area contributed by atoms with Crippen LogP contribution in [0, 0.1) is 5.82 Å². The number of aromatic nitrogens is 2. The maximum atomic E-state index is 13.5. The average molecular weight is 292 g/mol. The van der Waals surface area contributed by atoms with Crippen LogP contribution in [0.3, 0.4) is 0 Å². The van der Waals surface area contributed by atoms with Crippen molar-refractivity contribution in [1.29, 1.82) is 0 Å². The lowest BCUT2D eigenvalue weighted by Crippen LogP contribution is -2.10. The summed E-state index contributed by atoms with van der Waals surface area (Å²) in [4.78, 5) is 7.74. The van der Waals surface area contributed by atoms with Gasteiger partial charge in [0, 0.05) is 12.3 Å². The maximum absolute atomic E-state index is 13.5. The Labute approximate surface area is 122 Å². The highest BCUT2D eigenvalue weighted by Crippen LogP contribution is 2.15. The molecule has 0 aliphatic heterocycles. The zero-order chi connectivity index (χ0) is 15.1. The summed E-state index contributed by atoms with van der Waals surface area (Å²) in [5, 5.41) is 2.71. The van der Waals surface area contributed by atoms with E-state index in [2.05, 4.69) is 15.3 Å². The van der Waals surface area contributed by atoms with Crippen LogP contribution in [0.15, 0.2) is 30.5 Å². The number of ether oxygens (including phenoxy) is 2. The second-order valence-corrected chi connectivity index (χ2v) is 4.20. The monoisotopic (exact) mass is 292 g/mol. The number of halogens is 1. The van der Waals surface area contributed by atoms with E-state index in [1.807, 2.05) is 19.1 Å². The molecule has 0 unspecified atom stereocenters. The summed E-state index contributed by atoms with van der Waals surface area (Å²) in [6.45, 7) is 2.79. The standard InChI is InChI=1S/C14H17FN4O2/c1-2-20-9-18-13-12(15)7-17-14(19-13)21-8-10-4-3-5-11(16)6-10/h3-7H,2,8-9,16H2,1H3,(H,17,18,19). The third kappa shape index (κ3) is 4.57. The van der Waals surface area contributed by atoms with Crippen molar-refractivity contribution in [2.45, 2.75) is 13.5 Å². The number of anilines is 2. The second-order valence-electron chi connectivity index (χ2n) is 4.20. The lowest BCUT2D eigenvalue weighted by atomic mass is 10.2. The SMILES string of the molecule is CCOCNc1nc(OCc2cccc(N)c2)ncc1F. The van der Waals surface area contributed by atoms with Gasteiger partial charge in [0.25, 0.3) is 0 Å². The Morgan fingerprint density at radius 3 is 3.00 bits per heavy atom. The molecular formula is C14H17FN4O2. The highest BCUT2D eigenvalue weighted by atomic mass is 19.1. The van der Waals surface area contributed by atoms with E-state index in [0.717, 1.165) is 11.8 Å². The molecule has 0 atom stereocenters. The van der Waals surface area contributed by atoms with E-state index in [-0.39, 0.29) is 25.2 Å². The van der Waals surface area contributed by atoms with Crippen molar-refractivity contribution in [3.05, 3.63) is 41.8 Å². The highest BCUT2D eigenvalue weighted by molar-refractivity contribution is 5.40. The molecule has 7 heteroatoms. The molecule has 2 rings (SSSR count). The first-order valence-corrected chi connectivity index (χ1v) is 6.50. The van der Waals surface area contributed by atoms with Crippen molar-refractivity contribution in [3.8, 4) is 6.01 Å². The van der Waals surface area contributed by atoms with Gasteiger partial charge in [-0.25, -0.2) is 9.37 Å². The van der Waals surface area contributed by atoms with E-state index >= 15 is 0 Å². The molecule has 0 aliphatic rings. The molecule has 0 aliphatic carbocycles. The van der Waals surface area contributed by atoms with E-state index in [1.165, 1.54) is 0 Å². The van der Waals surface area contributed by atoms with Crippen molar-refractivity contribution in [2.24, 2.45) is 0 Å². The summed E-state index contributed by atoms with van der Waals surface area (Å²) in [5.41, 5.74) is 7.21. The van der Waals surface area contributed by atoms with Gasteiger partial charge < -0.3 is 20.5 Å². The van der Waals surface area contributed by atoms with Crippen LogP contribution in [-0.2, 0) is 11.3 Å². The lowest BCUT2D eigenvalue weighted by Gasteiger charge is -2.09. The smallest absolute Gasteiger partial charge is 0.318 e. The number of nitrogens with two attached hydrogens (primary N) is 1. The number of hydrogen-bond donors (Lipinski definition) is 2. The minimum atomic E-state index is -0.564. The van der Waals surface area contributed by atoms with Gasteiger partial charge in [0.2, 0.25) is 0 Å². The normalized spacial score (nSPS) is 10.4. The van der Waals surface area contributed by atoms with Crippen LogP contribution in [0.4, 0.5) is 15.9 Å². The molecule has 0 bridgehead atoms. The Morgan fingerprint density at radius 1 is 1.38 bits per heavy atom. The first kappa shape index (κ1) is 15.0. The van der Waals surface area contributed by atoms with Gasteiger partial charge in [-0.05, 0) is 24.6 Å². The first-order chi connectivity index (χ1) is 10.2. The number of benzene rings is 1. The van der Waals surface area contributed by atoms with Crippen LogP contribution in [0.25, 0.3) is 0 Å². The van der Waals surface area contributed by atoms with Crippen molar-refractivity contribution in [3.63, 3.8) is 0 Å². The quantitative estimate of drug-likeness (QED) is 0.462. The lowest BCUT2D eigenvalue weighted by molar-refractivity contribution is 0.166. The summed E-state index contributed by atoms with van der Waals surface area (Å²) < 4.78 is 24.0. The Hall–Kier alpha value is -2.41. The predicted octanol–water partition coefficient (Wildman–Crippen LogP) is 2.18. The Morgan fingerprint density at radius 2 is 2.24 bits per heavy atom. The zero-order valence-electron chi connectivity index (χ0n) is 11.7. The number of nitrogen functional groups attached to an aromatic ring is 1. The molecule has 2 aromatic rings. The van der Waals surface area contributed by atoms with E-state index in [9.17, 15) is 4.39 Å². The molecule has 0 amide bonds. The van der Waals surface area contributed by atoms with Crippen LogP contribution < -0.4 is 15.8 Å². The molecule has 1 heterocycles. The molecule has 21 heavy (non-hydrogen) atoms. The molecule has 1 aromatic carbocycles. The minimum absolute atomic E-state index is 0.0426. The van der Waals surface area contributed by atoms with Crippen LogP contribution in [0.2, 0.25) is 0 Å². The summed E-state index contributed by atoms with van der Waals surface area (Å²) in [6.07, 6.45) is 1.05. The highest BCUT2D eigenvalue weighted by Gasteiger charge is 2.07. The van der Waals surface area contributed by atoms with Gasteiger partial charge in [0.05, 0.1) is 6.20 Å². The minimum Gasteiger partial charge on any atom is -0.459 e. The average Bonchev–Trinajstić information content (AvgIpc) is 2.48. The summed E-state index contributed by atoms with van der Waals surface area (Å²) >= 11 is 0. The summed E-state index contributed by atoms with van der Waals surface area (Å²) in [7, 11) is 0. The molecule has 1 aromatic heterocycles. The van der Waals surface area contributed by atoms with Gasteiger partial charge in [-0.3, -0.25) is 0 Å². The van der Waals surface area contributed by atoms with Gasteiger partial charge in [-0.15, -0.1) is 0 Å². The zero-order valence-corrected chi connectivity index (χ0v) is 11.7. The van der Waals surface area contributed by atoms with Gasteiger partial charge >= 0.3 is 6.01 Å². The Bertz CT molecular complexity index is 595. The summed E-state index contributed by atoms with van der Waals surface area (Å²) in [6, 6.07) is 7.35. The fourth-order valence-electron chi connectivity index (χ4n) is 1.60. The van der Waals surface area contributed by atoms with Crippen molar-refractivity contribution in [2.75, 3.05) is 24.4 Å². The third-order valence-electron chi connectivity index (χ3n) is 2.59. The molecular weight excluding hydrogens is 275 g/mol.